The minimum Gasteiger partial charge on any atom is -0.465 e. The fourth-order valence-electron chi connectivity index (χ4n) is 2.57. The van der Waals surface area contributed by atoms with Gasteiger partial charge in [-0.25, -0.2) is 9.78 Å². The number of carbonyl (C=O) groups excluding carboxylic acids is 2. The van der Waals surface area contributed by atoms with E-state index < -0.39 is 5.97 Å². The van der Waals surface area contributed by atoms with Crippen molar-refractivity contribution < 1.29 is 14.3 Å². The number of hydrogen-bond donors (Lipinski definition) is 1. The van der Waals surface area contributed by atoms with Gasteiger partial charge in [0.15, 0.2) is 5.13 Å². The molecule has 1 saturated heterocycles. The van der Waals surface area contributed by atoms with Crippen molar-refractivity contribution in [2.75, 3.05) is 25.1 Å². The molecule has 0 spiro atoms. The molecular weight excluding hydrogens is 314 g/mol. The molecule has 7 heteroatoms. The molecule has 2 aromatic rings. The molecule has 3 rings (SSSR count). The molecule has 0 aliphatic carbocycles. The van der Waals surface area contributed by atoms with Crippen molar-refractivity contribution in [3.05, 3.63) is 47.0 Å². The summed E-state index contributed by atoms with van der Waals surface area (Å²) in [4.78, 5) is 30.1. The number of rotatable bonds is 4. The van der Waals surface area contributed by atoms with Crippen LogP contribution in [0, 0.1) is 0 Å². The van der Waals surface area contributed by atoms with Crippen LogP contribution in [0.2, 0.25) is 0 Å². The molecular formula is C16H17N3O3S. The Balaban J connectivity index is 1.58. The molecule has 6 nitrogen and oxygen atoms in total. The molecule has 1 fully saturated rings. The van der Waals surface area contributed by atoms with E-state index in [0.29, 0.717) is 11.1 Å². The maximum atomic E-state index is 12.3. The Morgan fingerprint density at radius 1 is 1.30 bits per heavy atom. The monoisotopic (exact) mass is 331 g/mol. The van der Waals surface area contributed by atoms with Crippen molar-refractivity contribution in [2.45, 2.75) is 12.5 Å². The Morgan fingerprint density at radius 3 is 2.70 bits per heavy atom. The third-order valence-electron chi connectivity index (χ3n) is 3.78. The van der Waals surface area contributed by atoms with Gasteiger partial charge in [0, 0.05) is 36.3 Å². The van der Waals surface area contributed by atoms with Crippen LogP contribution in [0.1, 0.15) is 27.1 Å². The van der Waals surface area contributed by atoms with Crippen molar-refractivity contribution in [1.82, 2.24) is 10.3 Å². The Kier molecular flexibility index (Phi) is 4.57. The van der Waals surface area contributed by atoms with Crippen LogP contribution in [0.25, 0.3) is 0 Å². The lowest BCUT2D eigenvalue weighted by molar-refractivity contribution is 0.0600. The first-order valence-corrected chi connectivity index (χ1v) is 8.19. The number of nitrogens with zero attached hydrogens (tertiary/aromatic N) is 2. The summed E-state index contributed by atoms with van der Waals surface area (Å²) in [5.41, 5.74) is 0.963. The zero-order valence-electron chi connectivity index (χ0n) is 12.7. The molecule has 1 aromatic heterocycles. The standard InChI is InChI=1S/C16H17N3O3S/c1-22-15(21)12-4-2-11(3-5-12)14(20)18-13-6-8-19(10-13)16-17-7-9-23-16/h2-5,7,9,13H,6,8,10H2,1H3,(H,18,20)/t13-/m0/s1. The van der Waals surface area contributed by atoms with Crippen molar-refractivity contribution in [2.24, 2.45) is 0 Å². The summed E-state index contributed by atoms with van der Waals surface area (Å²) in [6.07, 6.45) is 2.68. The molecule has 1 N–H and O–H groups in total. The van der Waals surface area contributed by atoms with E-state index in [-0.39, 0.29) is 11.9 Å². The van der Waals surface area contributed by atoms with Gasteiger partial charge in [0.1, 0.15) is 0 Å². The maximum Gasteiger partial charge on any atom is 0.337 e. The number of ether oxygens (including phenoxy) is 1. The Bertz CT molecular complexity index is 685. The second-order valence-corrected chi connectivity index (χ2v) is 6.16. The van der Waals surface area contributed by atoms with E-state index in [0.717, 1.165) is 24.6 Å². The zero-order valence-corrected chi connectivity index (χ0v) is 13.5. The van der Waals surface area contributed by atoms with Crippen LogP contribution < -0.4 is 10.2 Å². The molecule has 1 aliphatic heterocycles. The Hall–Kier alpha value is -2.41. The van der Waals surface area contributed by atoms with Gasteiger partial charge in [-0.2, -0.15) is 0 Å². The van der Waals surface area contributed by atoms with Gasteiger partial charge in [-0.15, -0.1) is 11.3 Å². The predicted molar refractivity (Wildman–Crippen MR) is 88.0 cm³/mol. The Morgan fingerprint density at radius 2 is 2.04 bits per heavy atom. The number of benzene rings is 1. The van der Waals surface area contributed by atoms with Crippen molar-refractivity contribution in [1.29, 1.82) is 0 Å². The number of thiazole rings is 1. The van der Waals surface area contributed by atoms with Gasteiger partial charge < -0.3 is 15.0 Å². The maximum absolute atomic E-state index is 12.3. The van der Waals surface area contributed by atoms with Crippen molar-refractivity contribution >= 4 is 28.3 Å². The number of amides is 1. The highest BCUT2D eigenvalue weighted by molar-refractivity contribution is 7.13. The molecule has 0 bridgehead atoms. The van der Waals surface area contributed by atoms with Gasteiger partial charge in [0.2, 0.25) is 0 Å². The summed E-state index contributed by atoms with van der Waals surface area (Å²) in [5.74, 6) is -0.542. The van der Waals surface area contributed by atoms with Gasteiger partial charge in [-0.1, -0.05) is 0 Å². The van der Waals surface area contributed by atoms with Crippen LogP contribution in [-0.4, -0.2) is 43.1 Å². The van der Waals surface area contributed by atoms with E-state index in [1.807, 2.05) is 5.38 Å². The first kappa shape index (κ1) is 15.5. The number of esters is 1. The minimum atomic E-state index is -0.410. The van der Waals surface area contributed by atoms with E-state index in [2.05, 4.69) is 19.9 Å². The van der Waals surface area contributed by atoms with Gasteiger partial charge in [0.05, 0.1) is 12.7 Å². The van der Waals surface area contributed by atoms with Gasteiger partial charge >= 0.3 is 5.97 Å². The van der Waals surface area contributed by atoms with Crippen LogP contribution >= 0.6 is 11.3 Å². The van der Waals surface area contributed by atoms with E-state index in [9.17, 15) is 9.59 Å². The quantitative estimate of drug-likeness (QED) is 0.867. The number of hydrogen-bond acceptors (Lipinski definition) is 6. The first-order chi connectivity index (χ1) is 11.2. The molecule has 2 heterocycles. The lowest BCUT2D eigenvalue weighted by atomic mass is 10.1. The number of nitrogens with one attached hydrogen (secondary N) is 1. The first-order valence-electron chi connectivity index (χ1n) is 7.31. The second-order valence-electron chi connectivity index (χ2n) is 5.29. The molecule has 1 atom stereocenters. The molecule has 1 aliphatic rings. The van der Waals surface area contributed by atoms with Gasteiger partial charge in [-0.05, 0) is 30.7 Å². The third kappa shape index (κ3) is 3.50. The van der Waals surface area contributed by atoms with Gasteiger partial charge in [0.25, 0.3) is 5.91 Å². The van der Waals surface area contributed by atoms with Crippen LogP contribution in [0.15, 0.2) is 35.8 Å². The van der Waals surface area contributed by atoms with Crippen LogP contribution in [0.5, 0.6) is 0 Å². The summed E-state index contributed by atoms with van der Waals surface area (Å²) in [7, 11) is 1.33. The van der Waals surface area contributed by atoms with Crippen LogP contribution in [0.3, 0.4) is 0 Å². The molecule has 0 unspecified atom stereocenters. The summed E-state index contributed by atoms with van der Waals surface area (Å²) in [5, 5.41) is 5.97. The molecule has 1 aromatic carbocycles. The van der Waals surface area contributed by atoms with E-state index in [1.165, 1.54) is 7.11 Å². The average molecular weight is 331 g/mol. The largest absolute Gasteiger partial charge is 0.465 e. The highest BCUT2D eigenvalue weighted by atomic mass is 32.1. The van der Waals surface area contributed by atoms with E-state index in [4.69, 9.17) is 0 Å². The molecule has 0 saturated carbocycles. The van der Waals surface area contributed by atoms with Crippen molar-refractivity contribution in [3.8, 4) is 0 Å². The fourth-order valence-corrected chi connectivity index (χ4v) is 3.25. The second kappa shape index (κ2) is 6.78. The molecule has 0 radical (unpaired) electrons. The zero-order chi connectivity index (χ0) is 16.2. The average Bonchev–Trinajstić information content (AvgIpc) is 3.25. The molecule has 120 valence electrons. The lowest BCUT2D eigenvalue weighted by Crippen LogP contribution is -2.37. The minimum absolute atomic E-state index is 0.103. The number of carbonyl (C=O) groups is 2. The van der Waals surface area contributed by atoms with Crippen LogP contribution in [0.4, 0.5) is 5.13 Å². The number of anilines is 1. The smallest absolute Gasteiger partial charge is 0.337 e. The summed E-state index contributed by atoms with van der Waals surface area (Å²) >= 11 is 1.60. The molecule has 23 heavy (non-hydrogen) atoms. The predicted octanol–water partition coefficient (Wildman–Crippen LogP) is 1.94. The number of aromatic nitrogens is 1. The normalized spacial score (nSPS) is 17.1. The highest BCUT2D eigenvalue weighted by Crippen LogP contribution is 2.22. The molecule has 1 amide bonds. The van der Waals surface area contributed by atoms with E-state index in [1.54, 1.807) is 41.8 Å². The summed E-state index contributed by atoms with van der Waals surface area (Å²) in [6.45, 7) is 1.65. The SMILES string of the molecule is COC(=O)c1ccc(C(=O)N[C@H]2CCN(c3nccs3)C2)cc1. The van der Waals surface area contributed by atoms with Crippen LogP contribution in [-0.2, 0) is 4.74 Å². The number of methoxy groups -OCH3 is 1. The fraction of sp³-hybridized carbons (Fsp3) is 0.312. The van der Waals surface area contributed by atoms with E-state index >= 15 is 0 Å². The summed E-state index contributed by atoms with van der Waals surface area (Å²) in [6, 6.07) is 6.56. The van der Waals surface area contributed by atoms with Gasteiger partial charge in [-0.3, -0.25) is 4.79 Å². The summed E-state index contributed by atoms with van der Waals surface area (Å²) < 4.78 is 4.64. The van der Waals surface area contributed by atoms with Crippen molar-refractivity contribution in [3.63, 3.8) is 0 Å². The highest BCUT2D eigenvalue weighted by Gasteiger charge is 2.25. The topological polar surface area (TPSA) is 71.5 Å². The Labute approximate surface area is 138 Å². The lowest BCUT2D eigenvalue weighted by Gasteiger charge is -2.15. The third-order valence-corrected chi connectivity index (χ3v) is 4.61.